The van der Waals surface area contributed by atoms with Crippen molar-refractivity contribution in [2.24, 2.45) is 0 Å². The summed E-state index contributed by atoms with van der Waals surface area (Å²) >= 11 is 3.57. The molecule has 1 fully saturated rings. The second-order valence-corrected chi connectivity index (χ2v) is 4.97. The maximum Gasteiger partial charge on any atom is 0.0600 e. The van der Waals surface area contributed by atoms with E-state index in [2.05, 4.69) is 50.5 Å². The molecule has 0 saturated carbocycles. The van der Waals surface area contributed by atoms with Crippen LogP contribution in [0, 0.1) is 0 Å². The van der Waals surface area contributed by atoms with E-state index in [9.17, 15) is 0 Å². The maximum atomic E-state index is 3.57. The predicted molar refractivity (Wildman–Crippen MR) is 66.2 cm³/mol. The van der Waals surface area contributed by atoms with Crippen molar-refractivity contribution in [1.82, 2.24) is 10.3 Å². The lowest BCUT2D eigenvalue weighted by molar-refractivity contribution is 0.743. The molecule has 0 unspecified atom stereocenters. The van der Waals surface area contributed by atoms with Crippen molar-refractivity contribution in [3.8, 4) is 0 Å². The highest BCUT2D eigenvalue weighted by Crippen LogP contribution is 2.29. The van der Waals surface area contributed by atoms with E-state index < -0.39 is 0 Å². The van der Waals surface area contributed by atoms with E-state index in [1.54, 1.807) is 0 Å². The third-order valence-corrected chi connectivity index (χ3v) is 3.79. The average Bonchev–Trinajstić information content (AvgIpc) is 2.86. The number of aromatic amines is 1. The zero-order valence-electron chi connectivity index (χ0n) is 8.39. The fourth-order valence-corrected chi connectivity index (χ4v) is 2.76. The molecule has 1 aromatic carbocycles. The lowest BCUT2D eigenvalue weighted by Gasteiger charge is -2.03. The van der Waals surface area contributed by atoms with Crippen LogP contribution in [0.3, 0.4) is 0 Å². The SMILES string of the molecule is Brc1cccc2cc([C@@H]3CCNC3)[nH]c12. The summed E-state index contributed by atoms with van der Waals surface area (Å²) in [6, 6.07) is 8.59. The molecule has 1 aromatic heterocycles. The third kappa shape index (κ3) is 1.60. The summed E-state index contributed by atoms with van der Waals surface area (Å²) < 4.78 is 1.15. The Bertz CT molecular complexity index is 483. The third-order valence-electron chi connectivity index (χ3n) is 3.13. The Morgan fingerprint density at radius 3 is 3.00 bits per heavy atom. The van der Waals surface area contributed by atoms with Gasteiger partial charge in [-0.25, -0.2) is 0 Å². The second kappa shape index (κ2) is 3.65. The van der Waals surface area contributed by atoms with Gasteiger partial charge >= 0.3 is 0 Å². The maximum absolute atomic E-state index is 3.57. The highest BCUT2D eigenvalue weighted by Gasteiger charge is 2.18. The van der Waals surface area contributed by atoms with Crippen molar-refractivity contribution < 1.29 is 0 Å². The summed E-state index contributed by atoms with van der Waals surface area (Å²) in [4.78, 5) is 3.52. The number of H-pyrrole nitrogens is 1. The summed E-state index contributed by atoms with van der Waals surface area (Å²) in [5, 5.41) is 4.70. The van der Waals surface area contributed by atoms with E-state index >= 15 is 0 Å². The lowest BCUT2D eigenvalue weighted by Crippen LogP contribution is -2.07. The number of aromatic nitrogens is 1. The molecular weight excluding hydrogens is 252 g/mol. The topological polar surface area (TPSA) is 27.8 Å². The summed E-state index contributed by atoms with van der Waals surface area (Å²) in [5.74, 6) is 0.657. The van der Waals surface area contributed by atoms with Crippen LogP contribution in [0.1, 0.15) is 18.0 Å². The van der Waals surface area contributed by atoms with Crippen LogP contribution in [0.5, 0.6) is 0 Å². The minimum Gasteiger partial charge on any atom is -0.357 e. The standard InChI is InChI=1S/C12H13BrN2/c13-10-3-1-2-8-6-11(15-12(8)10)9-4-5-14-7-9/h1-3,6,9,14-15H,4-5,7H2/t9-/m1/s1. The van der Waals surface area contributed by atoms with Gasteiger partial charge in [-0.3, -0.25) is 0 Å². The van der Waals surface area contributed by atoms with Crippen molar-refractivity contribution in [3.05, 3.63) is 34.4 Å². The van der Waals surface area contributed by atoms with Gasteiger partial charge < -0.3 is 10.3 Å². The van der Waals surface area contributed by atoms with E-state index in [1.807, 2.05) is 0 Å². The van der Waals surface area contributed by atoms with Crippen molar-refractivity contribution in [2.75, 3.05) is 13.1 Å². The van der Waals surface area contributed by atoms with Crippen LogP contribution in [0.4, 0.5) is 0 Å². The largest absolute Gasteiger partial charge is 0.357 e. The molecule has 1 aliphatic heterocycles. The molecule has 2 heterocycles. The number of hydrogen-bond acceptors (Lipinski definition) is 1. The first kappa shape index (κ1) is 9.43. The van der Waals surface area contributed by atoms with E-state index in [1.165, 1.54) is 23.0 Å². The van der Waals surface area contributed by atoms with Gasteiger partial charge in [0.05, 0.1) is 5.52 Å². The molecule has 2 N–H and O–H groups in total. The van der Waals surface area contributed by atoms with Crippen LogP contribution < -0.4 is 5.32 Å². The van der Waals surface area contributed by atoms with Crippen LogP contribution in [-0.4, -0.2) is 18.1 Å². The molecule has 0 bridgehead atoms. The zero-order valence-corrected chi connectivity index (χ0v) is 9.97. The van der Waals surface area contributed by atoms with Crippen LogP contribution in [0.2, 0.25) is 0 Å². The van der Waals surface area contributed by atoms with Crippen LogP contribution >= 0.6 is 15.9 Å². The molecular formula is C12H13BrN2. The minimum absolute atomic E-state index is 0.657. The smallest absolute Gasteiger partial charge is 0.0600 e. The zero-order chi connectivity index (χ0) is 10.3. The number of benzene rings is 1. The quantitative estimate of drug-likeness (QED) is 0.815. The first-order valence-electron chi connectivity index (χ1n) is 5.32. The molecule has 2 nitrogen and oxygen atoms in total. The Labute approximate surface area is 97.2 Å². The second-order valence-electron chi connectivity index (χ2n) is 4.12. The molecule has 0 radical (unpaired) electrons. The number of nitrogens with one attached hydrogen (secondary N) is 2. The number of rotatable bonds is 1. The van der Waals surface area contributed by atoms with Gasteiger partial charge in [0.15, 0.2) is 0 Å². The molecule has 1 atom stereocenters. The summed E-state index contributed by atoms with van der Waals surface area (Å²) in [7, 11) is 0. The van der Waals surface area contributed by atoms with Gasteiger partial charge in [0.1, 0.15) is 0 Å². The molecule has 1 aliphatic rings. The van der Waals surface area contributed by atoms with E-state index in [0.29, 0.717) is 5.92 Å². The average molecular weight is 265 g/mol. The Morgan fingerprint density at radius 2 is 2.27 bits per heavy atom. The molecule has 78 valence electrons. The monoisotopic (exact) mass is 264 g/mol. The summed E-state index contributed by atoms with van der Waals surface area (Å²) in [5.41, 5.74) is 2.58. The highest BCUT2D eigenvalue weighted by molar-refractivity contribution is 9.10. The molecule has 3 heteroatoms. The molecule has 0 aliphatic carbocycles. The first-order valence-corrected chi connectivity index (χ1v) is 6.12. The lowest BCUT2D eigenvalue weighted by atomic mass is 10.1. The molecule has 2 aromatic rings. The van der Waals surface area contributed by atoms with Gasteiger partial charge in [-0.2, -0.15) is 0 Å². The van der Waals surface area contributed by atoms with E-state index in [-0.39, 0.29) is 0 Å². The Balaban J connectivity index is 2.09. The summed E-state index contributed by atoms with van der Waals surface area (Å²) in [6.45, 7) is 2.24. The molecule has 0 amide bonds. The number of halogens is 1. The minimum atomic E-state index is 0.657. The van der Waals surface area contributed by atoms with Crippen molar-refractivity contribution in [1.29, 1.82) is 0 Å². The fraction of sp³-hybridized carbons (Fsp3) is 0.333. The van der Waals surface area contributed by atoms with Gasteiger partial charge in [-0.15, -0.1) is 0 Å². The Kier molecular flexibility index (Phi) is 2.29. The molecule has 15 heavy (non-hydrogen) atoms. The van der Waals surface area contributed by atoms with Gasteiger partial charge in [-0.05, 0) is 41.0 Å². The molecule has 1 saturated heterocycles. The van der Waals surface area contributed by atoms with Crippen molar-refractivity contribution >= 4 is 26.8 Å². The van der Waals surface area contributed by atoms with Gasteiger partial charge in [-0.1, -0.05) is 12.1 Å². The number of para-hydroxylation sites is 1. The summed E-state index contributed by atoms with van der Waals surface area (Å²) in [6.07, 6.45) is 1.24. The number of fused-ring (bicyclic) bond motifs is 1. The Morgan fingerprint density at radius 1 is 1.33 bits per heavy atom. The predicted octanol–water partition coefficient (Wildman–Crippen LogP) is 3.01. The van der Waals surface area contributed by atoms with Crippen LogP contribution in [0.25, 0.3) is 10.9 Å². The van der Waals surface area contributed by atoms with Crippen molar-refractivity contribution in [2.45, 2.75) is 12.3 Å². The van der Waals surface area contributed by atoms with Gasteiger partial charge in [0, 0.05) is 28.0 Å². The van der Waals surface area contributed by atoms with E-state index in [0.717, 1.165) is 17.6 Å². The van der Waals surface area contributed by atoms with Crippen LogP contribution in [-0.2, 0) is 0 Å². The fourth-order valence-electron chi connectivity index (χ4n) is 2.28. The normalized spacial score (nSPS) is 21.3. The van der Waals surface area contributed by atoms with Crippen molar-refractivity contribution in [3.63, 3.8) is 0 Å². The number of hydrogen-bond donors (Lipinski definition) is 2. The van der Waals surface area contributed by atoms with Crippen LogP contribution in [0.15, 0.2) is 28.7 Å². The molecule has 3 rings (SSSR count). The highest BCUT2D eigenvalue weighted by atomic mass is 79.9. The van der Waals surface area contributed by atoms with Gasteiger partial charge in [0.25, 0.3) is 0 Å². The van der Waals surface area contributed by atoms with Gasteiger partial charge in [0.2, 0.25) is 0 Å². The first-order chi connectivity index (χ1) is 7.34. The Hall–Kier alpha value is -0.800. The van der Waals surface area contributed by atoms with E-state index in [4.69, 9.17) is 0 Å². The molecule has 0 spiro atoms.